The Morgan fingerprint density at radius 1 is 0.391 bits per heavy atom. The molecule has 0 aliphatic rings. The maximum Gasteiger partial charge on any atom is 0.143 e. The Labute approximate surface area is 308 Å². The van der Waals surface area contributed by atoms with Crippen LogP contribution in [-0.4, -0.2) is 0 Å². The number of benzene rings is 8. The van der Waals surface area contributed by atoms with Gasteiger partial charge in [-0.15, -0.1) is 0 Å². The Kier molecular flexibility index (Phi) is 2.39. The number of furan rings is 1. The lowest BCUT2D eigenvalue weighted by atomic mass is 9.95. The Hall–Kier alpha value is -6.12. The molecule has 0 aliphatic carbocycles. The highest BCUT2D eigenvalue weighted by molar-refractivity contribution is 6.19. The van der Waals surface area contributed by atoms with Crippen molar-refractivity contribution >= 4 is 60.5 Å². The molecule has 0 N–H and O–H groups in total. The van der Waals surface area contributed by atoms with E-state index in [1.54, 1.807) is 0 Å². The van der Waals surface area contributed by atoms with E-state index in [0.29, 0.717) is 4.90 Å². The average molecular weight is 617 g/mol. The molecule has 2 nitrogen and oxygen atoms in total. The number of hydrogen-bond donors (Lipinski definition) is 0. The smallest absolute Gasteiger partial charge is 0.143 e. The molecule has 0 aliphatic heterocycles. The van der Waals surface area contributed by atoms with Crippen LogP contribution in [0.2, 0.25) is 0 Å². The van der Waals surface area contributed by atoms with Gasteiger partial charge < -0.3 is 9.32 Å². The minimum absolute atomic E-state index is 0.389. The van der Waals surface area contributed by atoms with E-state index in [4.69, 9.17) is 33.2 Å². The third-order valence-corrected chi connectivity index (χ3v) is 6.88. The zero-order valence-corrected chi connectivity index (χ0v) is 22.9. The lowest BCUT2D eigenvalue weighted by Gasteiger charge is -2.26. The molecule has 1 aromatic heterocycles. The quantitative estimate of drug-likeness (QED) is 0.191. The van der Waals surface area contributed by atoms with Gasteiger partial charge in [-0.05, 0) is 92.8 Å². The van der Waals surface area contributed by atoms with Crippen molar-refractivity contribution in [2.45, 2.75) is 0 Å². The van der Waals surface area contributed by atoms with Crippen LogP contribution in [0.3, 0.4) is 0 Å². The molecule has 0 fully saturated rings. The van der Waals surface area contributed by atoms with Crippen LogP contribution in [-0.2, 0) is 0 Å². The van der Waals surface area contributed by atoms with Crippen molar-refractivity contribution in [3.63, 3.8) is 0 Å². The number of anilines is 3. The van der Waals surface area contributed by atoms with Crippen LogP contribution in [0.15, 0.2) is 180 Å². The van der Waals surface area contributed by atoms with E-state index in [-0.39, 0.29) is 0 Å². The molecule has 8 aromatic carbocycles. The highest BCUT2D eigenvalue weighted by atomic mass is 16.3. The molecule has 9 aromatic rings. The van der Waals surface area contributed by atoms with Crippen LogP contribution in [0.1, 0.15) is 39.8 Å². The van der Waals surface area contributed by atoms with Crippen LogP contribution in [0.25, 0.3) is 65.7 Å². The maximum absolute atomic E-state index is 9.64. The summed E-state index contributed by atoms with van der Waals surface area (Å²) in [5.74, 6) is 0. The topological polar surface area (TPSA) is 16.4 Å². The minimum atomic E-state index is -1.23. The van der Waals surface area contributed by atoms with Gasteiger partial charge in [-0.3, -0.25) is 0 Å². The number of hydrogen-bond acceptors (Lipinski definition) is 2. The number of rotatable bonds is 5. The Morgan fingerprint density at radius 2 is 1.02 bits per heavy atom. The minimum Gasteiger partial charge on any atom is -0.455 e. The Bertz CT molecular complexity index is 4100. The number of fused-ring (bicyclic) bond motifs is 6. The molecule has 0 saturated carbocycles. The molecule has 2 heteroatoms. The molecular formula is C44H29NO. The normalized spacial score (nSPS) is 20.3. The summed E-state index contributed by atoms with van der Waals surface area (Å²) >= 11 is 0. The Balaban J connectivity index is 1.45. The third kappa shape index (κ3) is 4.43. The maximum atomic E-state index is 9.64. The SMILES string of the molecule is [2H]c1c([2H])c([2H])c(-c2c([2H])c3c(oc4c([2H])c([2H])c(-c5c([2H])c([2H])c(N(c6c([2H])c([2H])c([2H])c([2H])c6[2H])c6c([2H])c([2H])c7c([2H])c([2H])c([2H])c([2H])c7c6[2H])c([2H])c5[2H])c([2H])c43)c3c([2H])c([2H])c([2H])c([2H])c23)c([2H])c1[2H]. The van der Waals surface area contributed by atoms with E-state index in [2.05, 4.69) is 0 Å². The standard InChI is InChI=1S/C44H29NO/c1-3-12-32(13-4-1)40-29-42-41-28-34(22-26-43(41)46-44(42)39-18-10-9-17-38(39)40)31-19-23-36(24-20-31)45(35-15-5-2-6-16-35)37-25-21-30-11-7-8-14-33(30)27-37/h1-29H/i1D,2D,3D,4D,5D,6D,7D,8D,9D,10D,11D,12D,13D,14D,15D,16D,17D,18D,19D,20D,21D,22D,23D,24D,25D,26D,27D,28D,29D. The monoisotopic (exact) mass is 616 g/mol. The first-order chi connectivity index (χ1) is 34.9. The second-order valence-electron chi connectivity index (χ2n) is 9.52. The molecule has 0 atom stereocenters. The summed E-state index contributed by atoms with van der Waals surface area (Å²) in [4.78, 5) is 0.389. The predicted octanol–water partition coefficient (Wildman–Crippen LogP) is 12.7. The zero-order valence-electron chi connectivity index (χ0n) is 51.9. The van der Waals surface area contributed by atoms with Crippen molar-refractivity contribution in [1.82, 2.24) is 0 Å². The fourth-order valence-corrected chi connectivity index (χ4v) is 4.87. The van der Waals surface area contributed by atoms with Crippen molar-refractivity contribution in [2.75, 3.05) is 4.90 Å². The summed E-state index contributed by atoms with van der Waals surface area (Å²) in [7, 11) is 0. The summed E-state index contributed by atoms with van der Waals surface area (Å²) in [6.45, 7) is 0. The van der Waals surface area contributed by atoms with E-state index < -0.39 is 258 Å². The summed E-state index contributed by atoms with van der Waals surface area (Å²) < 4.78 is 263. The summed E-state index contributed by atoms with van der Waals surface area (Å²) in [5.41, 5.74) is -7.54. The van der Waals surface area contributed by atoms with Gasteiger partial charge in [0.15, 0.2) is 0 Å². The predicted molar refractivity (Wildman–Crippen MR) is 194 cm³/mol. The van der Waals surface area contributed by atoms with Gasteiger partial charge in [0.1, 0.15) is 11.2 Å². The van der Waals surface area contributed by atoms with Crippen molar-refractivity contribution in [1.29, 1.82) is 0 Å². The first-order valence-corrected chi connectivity index (χ1v) is 13.3. The zero-order chi connectivity index (χ0) is 55.7. The Morgan fingerprint density at radius 3 is 1.83 bits per heavy atom. The highest BCUT2D eigenvalue weighted by Crippen LogP contribution is 2.41. The third-order valence-electron chi connectivity index (χ3n) is 6.88. The molecule has 0 spiro atoms. The van der Waals surface area contributed by atoms with Crippen molar-refractivity contribution in [3.8, 4) is 22.3 Å². The lowest BCUT2D eigenvalue weighted by Crippen LogP contribution is -2.09. The van der Waals surface area contributed by atoms with Crippen molar-refractivity contribution in [3.05, 3.63) is 175 Å². The molecule has 0 radical (unpaired) electrons. The van der Waals surface area contributed by atoms with Crippen LogP contribution in [0, 0.1) is 0 Å². The molecule has 0 unspecified atom stereocenters. The van der Waals surface area contributed by atoms with E-state index in [9.17, 15) is 11.0 Å². The van der Waals surface area contributed by atoms with Gasteiger partial charge in [-0.2, -0.15) is 0 Å². The van der Waals surface area contributed by atoms with E-state index in [1.165, 1.54) is 0 Å². The van der Waals surface area contributed by atoms with Gasteiger partial charge in [0.05, 0.1) is 39.8 Å². The lowest BCUT2D eigenvalue weighted by molar-refractivity contribution is 0.673. The van der Waals surface area contributed by atoms with Gasteiger partial charge in [-0.1, -0.05) is 121 Å². The average Bonchev–Trinajstić information content (AvgIpc) is 3.79. The van der Waals surface area contributed by atoms with Gasteiger partial charge >= 0.3 is 0 Å². The largest absolute Gasteiger partial charge is 0.455 e. The fourth-order valence-electron chi connectivity index (χ4n) is 4.87. The summed E-state index contributed by atoms with van der Waals surface area (Å²) in [5, 5.41) is -3.64. The van der Waals surface area contributed by atoms with Gasteiger partial charge in [0, 0.05) is 33.2 Å². The van der Waals surface area contributed by atoms with Crippen LogP contribution in [0.5, 0.6) is 0 Å². The molecular weight excluding hydrogens is 558 g/mol. The first-order valence-electron chi connectivity index (χ1n) is 27.8. The van der Waals surface area contributed by atoms with Gasteiger partial charge in [0.25, 0.3) is 0 Å². The molecule has 0 amide bonds. The molecule has 0 saturated heterocycles. The second kappa shape index (κ2) is 10.8. The summed E-state index contributed by atoms with van der Waals surface area (Å²) in [6.07, 6.45) is 0. The van der Waals surface area contributed by atoms with Crippen LogP contribution < -0.4 is 4.90 Å². The number of para-hydroxylation sites is 1. The number of nitrogens with zero attached hydrogens (tertiary/aromatic N) is 1. The van der Waals surface area contributed by atoms with E-state index in [1.807, 2.05) is 0 Å². The fraction of sp³-hybridized carbons (Fsp3) is 0. The summed E-state index contributed by atoms with van der Waals surface area (Å²) in [6, 6.07) is -28.4. The molecule has 0 bridgehead atoms. The molecule has 216 valence electrons. The van der Waals surface area contributed by atoms with Gasteiger partial charge in [0.2, 0.25) is 0 Å². The van der Waals surface area contributed by atoms with E-state index >= 15 is 0 Å². The van der Waals surface area contributed by atoms with Crippen LogP contribution >= 0.6 is 0 Å². The van der Waals surface area contributed by atoms with E-state index in [0.717, 1.165) is 0 Å². The molecule has 1 heterocycles. The van der Waals surface area contributed by atoms with Crippen LogP contribution in [0.4, 0.5) is 17.1 Å². The van der Waals surface area contributed by atoms with Gasteiger partial charge in [-0.25, -0.2) is 0 Å². The molecule has 9 rings (SSSR count). The highest BCUT2D eigenvalue weighted by Gasteiger charge is 2.16. The van der Waals surface area contributed by atoms with Crippen molar-refractivity contribution in [2.24, 2.45) is 0 Å². The van der Waals surface area contributed by atoms with Crippen molar-refractivity contribution < 1.29 is 44.2 Å². The first kappa shape index (κ1) is 10.2. The molecule has 46 heavy (non-hydrogen) atoms. The second-order valence-corrected chi connectivity index (χ2v) is 9.52.